The SMILES string of the molecule is OCC1COB(OCC2COB(OCC3COB(O)O3)O2)O1. The quantitative estimate of drug-likeness (QED) is 0.477. The standard InChI is InChI=1S/C9H17B3O10/c13-1-7-2-16-11(21-7)18-5-9-6-19-12(22-9)17-4-8-3-15-10(14)20-8/h7-9,13-14H,1-6H2. The summed E-state index contributed by atoms with van der Waals surface area (Å²) in [6.07, 6.45) is -1.02. The van der Waals surface area contributed by atoms with Crippen molar-refractivity contribution < 1.29 is 47.4 Å². The summed E-state index contributed by atoms with van der Waals surface area (Å²) in [5, 5.41) is 17.9. The third kappa shape index (κ3) is 4.65. The first-order chi connectivity index (χ1) is 10.7. The van der Waals surface area contributed by atoms with Crippen molar-refractivity contribution in [3.05, 3.63) is 0 Å². The lowest BCUT2D eigenvalue weighted by Gasteiger charge is -2.13. The molecule has 0 saturated carbocycles. The van der Waals surface area contributed by atoms with E-state index in [0.29, 0.717) is 13.2 Å². The lowest BCUT2D eigenvalue weighted by Crippen LogP contribution is -2.31. The van der Waals surface area contributed by atoms with Crippen LogP contribution in [0.25, 0.3) is 0 Å². The van der Waals surface area contributed by atoms with Gasteiger partial charge in [-0.15, -0.1) is 0 Å². The number of aliphatic hydroxyl groups is 1. The van der Waals surface area contributed by atoms with Crippen LogP contribution in [0.5, 0.6) is 0 Å². The second-order valence-electron chi connectivity index (χ2n) is 5.01. The van der Waals surface area contributed by atoms with Crippen molar-refractivity contribution in [3.8, 4) is 0 Å². The predicted molar refractivity (Wildman–Crippen MR) is 70.9 cm³/mol. The van der Waals surface area contributed by atoms with Crippen LogP contribution in [0.3, 0.4) is 0 Å². The molecule has 2 N–H and O–H groups in total. The van der Waals surface area contributed by atoms with Crippen molar-refractivity contribution >= 4 is 22.0 Å². The molecule has 13 heteroatoms. The molecule has 3 aliphatic heterocycles. The minimum Gasteiger partial charge on any atom is -0.402 e. The molecule has 22 heavy (non-hydrogen) atoms. The van der Waals surface area contributed by atoms with E-state index in [1.807, 2.05) is 0 Å². The summed E-state index contributed by atoms with van der Waals surface area (Å²) in [6, 6.07) is 0. The number of hydrogen-bond donors (Lipinski definition) is 2. The first kappa shape index (κ1) is 16.6. The first-order valence-corrected chi connectivity index (χ1v) is 7.06. The third-order valence-electron chi connectivity index (χ3n) is 3.22. The Morgan fingerprint density at radius 2 is 1.36 bits per heavy atom. The molecule has 0 amide bonds. The normalized spacial score (nSPS) is 32.5. The molecule has 3 fully saturated rings. The number of rotatable bonds is 7. The van der Waals surface area contributed by atoms with Crippen molar-refractivity contribution in [3.63, 3.8) is 0 Å². The van der Waals surface area contributed by atoms with E-state index in [1.54, 1.807) is 0 Å². The average molecular weight is 318 g/mol. The Hall–Kier alpha value is -0.205. The van der Waals surface area contributed by atoms with Gasteiger partial charge in [0.2, 0.25) is 0 Å². The molecule has 3 atom stereocenters. The predicted octanol–water partition coefficient (Wildman–Crippen LogP) is -2.79. The highest BCUT2D eigenvalue weighted by atomic mass is 16.8. The van der Waals surface area contributed by atoms with E-state index in [9.17, 15) is 0 Å². The maximum Gasteiger partial charge on any atom is 0.639 e. The number of hydrogen-bond acceptors (Lipinski definition) is 10. The summed E-state index contributed by atoms with van der Waals surface area (Å²) in [7, 11) is -2.81. The van der Waals surface area contributed by atoms with E-state index >= 15 is 0 Å². The van der Waals surface area contributed by atoms with Crippen molar-refractivity contribution in [2.45, 2.75) is 18.3 Å². The molecule has 122 valence electrons. The molecule has 0 aromatic rings. The van der Waals surface area contributed by atoms with Gasteiger partial charge in [-0.1, -0.05) is 0 Å². The zero-order valence-electron chi connectivity index (χ0n) is 11.9. The summed E-state index contributed by atoms with van der Waals surface area (Å²) >= 11 is 0. The molecule has 3 rings (SSSR count). The third-order valence-corrected chi connectivity index (χ3v) is 3.22. The molecule has 10 nitrogen and oxygen atoms in total. The fourth-order valence-electron chi connectivity index (χ4n) is 2.09. The Bertz CT molecular complexity index is 352. The molecular weight excluding hydrogens is 301 g/mol. The van der Waals surface area contributed by atoms with Gasteiger partial charge in [-0.25, -0.2) is 0 Å². The summed E-state index contributed by atoms with van der Waals surface area (Å²) in [4.78, 5) is 0. The average Bonchev–Trinajstić information content (AvgIpc) is 3.24. The largest absolute Gasteiger partial charge is 0.639 e. The molecule has 0 radical (unpaired) electrons. The zero-order chi connectivity index (χ0) is 15.4. The van der Waals surface area contributed by atoms with Crippen LogP contribution in [0.15, 0.2) is 0 Å². The van der Waals surface area contributed by atoms with Gasteiger partial charge in [0.05, 0.1) is 58.0 Å². The Morgan fingerprint density at radius 1 is 0.818 bits per heavy atom. The second-order valence-corrected chi connectivity index (χ2v) is 5.01. The lowest BCUT2D eigenvalue weighted by atomic mass is 10.2. The smallest absolute Gasteiger partial charge is 0.402 e. The van der Waals surface area contributed by atoms with Crippen LogP contribution in [-0.2, 0) is 37.2 Å². The van der Waals surface area contributed by atoms with Gasteiger partial charge in [-0.3, -0.25) is 0 Å². The van der Waals surface area contributed by atoms with Crippen LogP contribution in [0.4, 0.5) is 0 Å². The minimum atomic E-state index is -1.20. The molecule has 0 spiro atoms. The van der Waals surface area contributed by atoms with E-state index < -0.39 is 22.0 Å². The summed E-state index contributed by atoms with van der Waals surface area (Å²) in [6.45, 7) is 1.14. The molecule has 0 aliphatic carbocycles. The van der Waals surface area contributed by atoms with Crippen molar-refractivity contribution in [2.75, 3.05) is 39.6 Å². The summed E-state index contributed by atoms with van der Waals surface area (Å²) in [5.74, 6) is 0. The van der Waals surface area contributed by atoms with Crippen molar-refractivity contribution in [1.82, 2.24) is 0 Å². The highest BCUT2D eigenvalue weighted by Gasteiger charge is 2.39. The molecule has 0 aromatic heterocycles. The van der Waals surface area contributed by atoms with Crippen LogP contribution in [0.2, 0.25) is 0 Å². The van der Waals surface area contributed by atoms with Gasteiger partial charge in [0.25, 0.3) is 0 Å². The minimum absolute atomic E-state index is 0.111. The molecule has 3 unspecified atom stereocenters. The van der Waals surface area contributed by atoms with Crippen LogP contribution in [0, 0.1) is 0 Å². The monoisotopic (exact) mass is 318 g/mol. The van der Waals surface area contributed by atoms with Gasteiger partial charge in [0.1, 0.15) is 0 Å². The maximum absolute atomic E-state index is 9.03. The van der Waals surface area contributed by atoms with Gasteiger partial charge in [0, 0.05) is 0 Å². The van der Waals surface area contributed by atoms with Gasteiger partial charge in [-0.05, 0) is 0 Å². The summed E-state index contributed by atoms with van der Waals surface area (Å²) in [5.41, 5.74) is 0. The molecule has 0 bridgehead atoms. The zero-order valence-corrected chi connectivity index (χ0v) is 11.9. The maximum atomic E-state index is 9.03. The van der Waals surface area contributed by atoms with Gasteiger partial charge in [-0.2, -0.15) is 0 Å². The van der Waals surface area contributed by atoms with E-state index in [2.05, 4.69) is 0 Å². The molecule has 3 saturated heterocycles. The van der Waals surface area contributed by atoms with Crippen molar-refractivity contribution in [2.24, 2.45) is 0 Å². The second kappa shape index (κ2) is 8.06. The van der Waals surface area contributed by atoms with Crippen LogP contribution >= 0.6 is 0 Å². The lowest BCUT2D eigenvalue weighted by molar-refractivity contribution is 0.0691. The van der Waals surface area contributed by atoms with E-state index in [-0.39, 0.29) is 44.7 Å². The Kier molecular flexibility index (Phi) is 6.10. The van der Waals surface area contributed by atoms with Gasteiger partial charge >= 0.3 is 22.0 Å². The Morgan fingerprint density at radius 3 is 1.91 bits per heavy atom. The van der Waals surface area contributed by atoms with E-state index in [1.165, 1.54) is 0 Å². The van der Waals surface area contributed by atoms with Crippen molar-refractivity contribution in [1.29, 1.82) is 0 Å². The highest BCUT2D eigenvalue weighted by Crippen LogP contribution is 2.15. The van der Waals surface area contributed by atoms with E-state index in [4.69, 9.17) is 47.4 Å². The number of aliphatic hydroxyl groups excluding tert-OH is 1. The Balaban J connectivity index is 1.28. The van der Waals surface area contributed by atoms with Crippen LogP contribution in [-0.4, -0.2) is 90.0 Å². The molecule has 0 aromatic carbocycles. The first-order valence-electron chi connectivity index (χ1n) is 7.06. The fourth-order valence-corrected chi connectivity index (χ4v) is 2.09. The van der Waals surface area contributed by atoms with Gasteiger partial charge < -0.3 is 47.4 Å². The summed E-state index contributed by atoms with van der Waals surface area (Å²) < 4.78 is 41.8. The van der Waals surface area contributed by atoms with E-state index in [0.717, 1.165) is 0 Å². The van der Waals surface area contributed by atoms with Gasteiger partial charge in [0.15, 0.2) is 0 Å². The highest BCUT2D eigenvalue weighted by molar-refractivity contribution is 6.38. The van der Waals surface area contributed by atoms with Crippen LogP contribution < -0.4 is 0 Å². The molecule has 3 aliphatic rings. The Labute approximate surface area is 128 Å². The fraction of sp³-hybridized carbons (Fsp3) is 1.00. The topological polar surface area (TPSA) is 114 Å². The van der Waals surface area contributed by atoms with Crippen LogP contribution in [0.1, 0.15) is 0 Å². The molecule has 3 heterocycles. The molecular formula is C9H17B3O10.